The summed E-state index contributed by atoms with van der Waals surface area (Å²) in [5.74, 6) is 0.00143. The quantitative estimate of drug-likeness (QED) is 0.753. The molecule has 0 aromatic heterocycles. The van der Waals surface area contributed by atoms with Crippen molar-refractivity contribution < 1.29 is 19.4 Å². The first-order valence-corrected chi connectivity index (χ1v) is 7.70. The van der Waals surface area contributed by atoms with Crippen molar-refractivity contribution >= 4 is 12.0 Å². The Bertz CT molecular complexity index is 339. The highest BCUT2D eigenvalue weighted by Gasteiger charge is 2.25. The Hall–Kier alpha value is -1.30. The average molecular weight is 300 g/mol. The van der Waals surface area contributed by atoms with E-state index < -0.39 is 5.97 Å². The summed E-state index contributed by atoms with van der Waals surface area (Å²) in [7, 11) is 1.63. The molecule has 1 aliphatic rings. The molecule has 1 heterocycles. The summed E-state index contributed by atoms with van der Waals surface area (Å²) in [5, 5.41) is 11.7. The van der Waals surface area contributed by atoms with Crippen molar-refractivity contribution in [1.82, 2.24) is 10.2 Å². The summed E-state index contributed by atoms with van der Waals surface area (Å²) in [6.07, 6.45) is 2.71. The first kappa shape index (κ1) is 17.8. The Labute approximate surface area is 126 Å². The van der Waals surface area contributed by atoms with Gasteiger partial charge >= 0.3 is 12.0 Å². The largest absolute Gasteiger partial charge is 0.481 e. The summed E-state index contributed by atoms with van der Waals surface area (Å²) in [6.45, 7) is 6.03. The number of carbonyl (C=O) groups is 2. The first-order chi connectivity index (χ1) is 9.93. The molecule has 1 fully saturated rings. The molecule has 0 saturated carbocycles. The number of likely N-dealkylation sites (tertiary alicyclic amines) is 1. The van der Waals surface area contributed by atoms with Crippen LogP contribution in [0.15, 0.2) is 0 Å². The van der Waals surface area contributed by atoms with Gasteiger partial charge in [0, 0.05) is 26.6 Å². The predicted octanol–water partition coefficient (Wildman–Crippen LogP) is 1.94. The number of nitrogens with one attached hydrogen (secondary N) is 1. The van der Waals surface area contributed by atoms with Crippen molar-refractivity contribution in [3.05, 3.63) is 0 Å². The summed E-state index contributed by atoms with van der Waals surface area (Å²) in [6, 6.07) is -0.0188. The second-order valence-electron chi connectivity index (χ2n) is 6.12. The van der Waals surface area contributed by atoms with Gasteiger partial charge in [0.15, 0.2) is 0 Å². The third kappa shape index (κ3) is 6.33. The lowest BCUT2D eigenvalue weighted by atomic mass is 9.92. The Balaban J connectivity index is 2.35. The number of amides is 2. The summed E-state index contributed by atoms with van der Waals surface area (Å²) >= 11 is 0. The van der Waals surface area contributed by atoms with E-state index in [1.807, 2.05) is 4.90 Å². The van der Waals surface area contributed by atoms with Crippen molar-refractivity contribution in [2.75, 3.05) is 26.8 Å². The number of carbonyl (C=O) groups excluding carboxylic acids is 1. The van der Waals surface area contributed by atoms with Crippen LogP contribution < -0.4 is 5.32 Å². The molecule has 6 heteroatoms. The Morgan fingerprint density at radius 2 is 1.95 bits per heavy atom. The number of carboxylic acids is 1. The number of rotatable bonds is 7. The van der Waals surface area contributed by atoms with Crippen molar-refractivity contribution in [3.8, 4) is 0 Å². The molecule has 21 heavy (non-hydrogen) atoms. The van der Waals surface area contributed by atoms with Gasteiger partial charge in [0.2, 0.25) is 0 Å². The number of hydrogen-bond acceptors (Lipinski definition) is 3. The number of nitrogens with zero attached hydrogens (tertiary/aromatic N) is 1. The second-order valence-corrected chi connectivity index (χ2v) is 6.12. The highest BCUT2D eigenvalue weighted by Crippen LogP contribution is 2.22. The molecule has 0 radical (unpaired) electrons. The molecule has 0 bridgehead atoms. The van der Waals surface area contributed by atoms with Crippen molar-refractivity contribution in [3.63, 3.8) is 0 Å². The topological polar surface area (TPSA) is 78.9 Å². The Morgan fingerprint density at radius 1 is 1.33 bits per heavy atom. The molecule has 0 aliphatic carbocycles. The minimum atomic E-state index is -0.741. The number of hydrogen-bond donors (Lipinski definition) is 2. The van der Waals surface area contributed by atoms with Crippen LogP contribution in [-0.4, -0.2) is 54.9 Å². The van der Waals surface area contributed by atoms with Gasteiger partial charge in [-0.3, -0.25) is 4.79 Å². The molecule has 122 valence electrons. The van der Waals surface area contributed by atoms with Gasteiger partial charge in [0.1, 0.15) is 0 Å². The molecule has 2 amide bonds. The van der Waals surface area contributed by atoms with Gasteiger partial charge in [0.05, 0.1) is 12.6 Å². The highest BCUT2D eigenvalue weighted by molar-refractivity contribution is 5.74. The second kappa shape index (κ2) is 8.87. The first-order valence-electron chi connectivity index (χ1n) is 7.70. The van der Waals surface area contributed by atoms with Crippen LogP contribution in [0.25, 0.3) is 0 Å². The zero-order valence-corrected chi connectivity index (χ0v) is 13.3. The van der Waals surface area contributed by atoms with E-state index in [-0.39, 0.29) is 18.5 Å². The molecular formula is C15H28N2O4. The maximum atomic E-state index is 12.2. The lowest BCUT2D eigenvalue weighted by molar-refractivity contribution is -0.137. The van der Waals surface area contributed by atoms with Gasteiger partial charge in [-0.1, -0.05) is 13.8 Å². The molecule has 1 unspecified atom stereocenters. The fraction of sp³-hybridized carbons (Fsp3) is 0.867. The fourth-order valence-electron chi connectivity index (χ4n) is 2.58. The van der Waals surface area contributed by atoms with Crippen LogP contribution in [0.3, 0.4) is 0 Å². The molecule has 0 aromatic rings. The van der Waals surface area contributed by atoms with Gasteiger partial charge < -0.3 is 20.1 Å². The summed E-state index contributed by atoms with van der Waals surface area (Å²) in [4.78, 5) is 24.6. The van der Waals surface area contributed by atoms with Crippen LogP contribution in [-0.2, 0) is 9.53 Å². The number of aliphatic carboxylic acids is 1. The van der Waals surface area contributed by atoms with Crippen molar-refractivity contribution in [2.24, 2.45) is 11.8 Å². The lowest BCUT2D eigenvalue weighted by Gasteiger charge is -2.33. The van der Waals surface area contributed by atoms with E-state index >= 15 is 0 Å². The van der Waals surface area contributed by atoms with E-state index in [0.717, 1.165) is 12.8 Å². The summed E-state index contributed by atoms with van der Waals surface area (Å²) < 4.78 is 5.14. The highest BCUT2D eigenvalue weighted by atomic mass is 16.5. The summed E-state index contributed by atoms with van der Waals surface area (Å²) in [5.41, 5.74) is 0. The Kier molecular flexibility index (Phi) is 7.50. The predicted molar refractivity (Wildman–Crippen MR) is 80.2 cm³/mol. The third-order valence-electron chi connectivity index (χ3n) is 4.13. The van der Waals surface area contributed by atoms with Crippen LogP contribution in [0.2, 0.25) is 0 Å². The average Bonchev–Trinajstić information content (AvgIpc) is 2.45. The number of urea groups is 1. The Morgan fingerprint density at radius 3 is 2.43 bits per heavy atom. The fourth-order valence-corrected chi connectivity index (χ4v) is 2.58. The number of piperidine rings is 1. The standard InChI is InChI=1S/C15H28N2O4/c1-11(2)13(10-21-3)16-15(20)17-8-6-12(7-9-17)4-5-14(18)19/h11-13H,4-10H2,1-3H3,(H,16,20)(H,18,19). The normalized spacial score (nSPS) is 17.8. The zero-order chi connectivity index (χ0) is 15.8. The molecule has 1 atom stereocenters. The zero-order valence-electron chi connectivity index (χ0n) is 13.3. The minimum Gasteiger partial charge on any atom is -0.481 e. The van der Waals surface area contributed by atoms with Gasteiger partial charge in [-0.25, -0.2) is 4.79 Å². The molecule has 1 rings (SSSR count). The van der Waals surface area contributed by atoms with E-state index in [1.54, 1.807) is 7.11 Å². The SMILES string of the molecule is COCC(NC(=O)N1CCC(CCC(=O)O)CC1)C(C)C. The molecule has 0 aromatic carbocycles. The monoisotopic (exact) mass is 300 g/mol. The smallest absolute Gasteiger partial charge is 0.317 e. The number of carboxylic acid groups (broad SMARTS) is 1. The van der Waals surface area contributed by atoms with Crippen molar-refractivity contribution in [2.45, 2.75) is 45.6 Å². The van der Waals surface area contributed by atoms with Crippen LogP contribution in [0.5, 0.6) is 0 Å². The molecule has 6 nitrogen and oxygen atoms in total. The van der Waals surface area contributed by atoms with E-state index in [4.69, 9.17) is 9.84 Å². The molecular weight excluding hydrogens is 272 g/mol. The lowest BCUT2D eigenvalue weighted by Crippen LogP contribution is -2.50. The van der Waals surface area contributed by atoms with Crippen molar-refractivity contribution in [1.29, 1.82) is 0 Å². The maximum Gasteiger partial charge on any atom is 0.317 e. The number of ether oxygens (including phenoxy) is 1. The maximum absolute atomic E-state index is 12.2. The van der Waals surface area contributed by atoms with Gasteiger partial charge in [-0.15, -0.1) is 0 Å². The van der Waals surface area contributed by atoms with E-state index in [1.165, 1.54) is 0 Å². The van der Waals surface area contributed by atoms with Gasteiger partial charge in [-0.2, -0.15) is 0 Å². The number of methoxy groups -OCH3 is 1. The molecule has 0 spiro atoms. The van der Waals surface area contributed by atoms with E-state index in [9.17, 15) is 9.59 Å². The molecule has 2 N–H and O–H groups in total. The van der Waals surface area contributed by atoms with Crippen LogP contribution in [0, 0.1) is 11.8 Å². The van der Waals surface area contributed by atoms with Crippen LogP contribution in [0.1, 0.15) is 39.5 Å². The van der Waals surface area contributed by atoms with Gasteiger partial charge in [0.25, 0.3) is 0 Å². The van der Waals surface area contributed by atoms with E-state index in [2.05, 4.69) is 19.2 Å². The van der Waals surface area contributed by atoms with E-state index in [0.29, 0.717) is 38.0 Å². The minimum absolute atomic E-state index is 0.0206. The van der Waals surface area contributed by atoms with Gasteiger partial charge in [-0.05, 0) is 31.1 Å². The third-order valence-corrected chi connectivity index (χ3v) is 4.13. The molecule has 1 aliphatic heterocycles. The molecule has 1 saturated heterocycles. The van der Waals surface area contributed by atoms with Crippen LogP contribution >= 0.6 is 0 Å². The van der Waals surface area contributed by atoms with Crippen LogP contribution in [0.4, 0.5) is 4.79 Å².